The van der Waals surface area contributed by atoms with E-state index < -0.39 is 0 Å². The highest BCUT2D eigenvalue weighted by Gasteiger charge is 2.19. The number of nitrogens with one attached hydrogen (secondary N) is 1. The molecule has 3 heteroatoms. The molecular formula is C13H19ClFN. The number of hydrogen-bond acceptors (Lipinski definition) is 1. The van der Waals surface area contributed by atoms with Gasteiger partial charge in [0.25, 0.3) is 0 Å². The minimum absolute atomic E-state index is 0.162. The van der Waals surface area contributed by atoms with Crippen LogP contribution in [0.2, 0.25) is 5.02 Å². The Hall–Kier alpha value is -0.600. The quantitative estimate of drug-likeness (QED) is 0.846. The third kappa shape index (κ3) is 3.76. The largest absolute Gasteiger partial charge is 0.310 e. The molecule has 0 aliphatic carbocycles. The van der Waals surface area contributed by atoms with Gasteiger partial charge >= 0.3 is 0 Å². The third-order valence-electron chi connectivity index (χ3n) is 2.91. The Bertz CT molecular complexity index is 357. The second-order valence-electron chi connectivity index (χ2n) is 5.20. The first-order chi connectivity index (χ1) is 7.30. The first kappa shape index (κ1) is 13.5. The van der Waals surface area contributed by atoms with E-state index in [0.29, 0.717) is 23.2 Å². The van der Waals surface area contributed by atoms with Gasteiger partial charge in [0.15, 0.2) is 0 Å². The summed E-state index contributed by atoms with van der Waals surface area (Å²) >= 11 is 5.83. The van der Waals surface area contributed by atoms with E-state index >= 15 is 0 Å². The molecule has 1 aromatic rings. The molecule has 1 nitrogen and oxygen atoms in total. The maximum Gasteiger partial charge on any atom is 0.127 e. The van der Waals surface area contributed by atoms with Gasteiger partial charge in [-0.15, -0.1) is 0 Å². The molecule has 16 heavy (non-hydrogen) atoms. The van der Waals surface area contributed by atoms with Crippen LogP contribution in [0.4, 0.5) is 4.39 Å². The number of hydrogen-bond donors (Lipinski definition) is 1. The molecule has 90 valence electrons. The lowest BCUT2D eigenvalue weighted by molar-refractivity contribution is 0.284. The molecule has 1 unspecified atom stereocenters. The normalized spacial score (nSPS) is 13.9. The predicted molar refractivity (Wildman–Crippen MR) is 67.2 cm³/mol. The van der Waals surface area contributed by atoms with E-state index in [9.17, 15) is 4.39 Å². The van der Waals surface area contributed by atoms with E-state index in [4.69, 9.17) is 11.6 Å². The summed E-state index contributed by atoms with van der Waals surface area (Å²) in [5.41, 5.74) is 0.776. The van der Waals surface area contributed by atoms with Gasteiger partial charge in [0.2, 0.25) is 0 Å². The Balaban J connectivity index is 2.64. The molecule has 0 bridgehead atoms. The summed E-state index contributed by atoms with van der Waals surface area (Å²) in [7, 11) is 0. The molecule has 0 aliphatic rings. The summed E-state index contributed by atoms with van der Waals surface area (Å²) < 4.78 is 13.4. The summed E-state index contributed by atoms with van der Waals surface area (Å²) in [5.74, 6) is -0.210. The van der Waals surface area contributed by atoms with Crippen LogP contribution in [0.1, 0.15) is 33.3 Å². The average Bonchev–Trinajstić information content (AvgIpc) is 2.17. The lowest BCUT2D eigenvalue weighted by atomic mass is 9.88. The fourth-order valence-electron chi connectivity index (χ4n) is 1.25. The summed E-state index contributed by atoms with van der Waals surface area (Å²) in [6, 6.07) is 4.94. The zero-order valence-corrected chi connectivity index (χ0v) is 11.0. The van der Waals surface area contributed by atoms with E-state index in [1.165, 1.54) is 6.07 Å². The van der Waals surface area contributed by atoms with Crippen molar-refractivity contribution < 1.29 is 4.39 Å². The minimum Gasteiger partial charge on any atom is -0.310 e. The van der Waals surface area contributed by atoms with Crippen molar-refractivity contribution in [3.05, 3.63) is 34.6 Å². The maximum atomic E-state index is 13.4. The summed E-state index contributed by atoms with van der Waals surface area (Å²) in [4.78, 5) is 0. The number of rotatable bonds is 3. The fraction of sp³-hybridized carbons (Fsp3) is 0.538. The van der Waals surface area contributed by atoms with Gasteiger partial charge < -0.3 is 5.32 Å². The molecule has 1 N–H and O–H groups in total. The second kappa shape index (κ2) is 5.15. The van der Waals surface area contributed by atoms with Gasteiger partial charge in [-0.1, -0.05) is 32.4 Å². The van der Waals surface area contributed by atoms with Crippen molar-refractivity contribution in [3.8, 4) is 0 Å². The Kier molecular flexibility index (Phi) is 4.34. The van der Waals surface area contributed by atoms with Gasteiger partial charge in [-0.25, -0.2) is 4.39 Å². The van der Waals surface area contributed by atoms with Crippen molar-refractivity contribution >= 4 is 11.6 Å². The van der Waals surface area contributed by atoms with Crippen LogP contribution in [0.5, 0.6) is 0 Å². The molecule has 0 amide bonds. The van der Waals surface area contributed by atoms with Crippen molar-refractivity contribution in [3.63, 3.8) is 0 Å². The van der Waals surface area contributed by atoms with Crippen LogP contribution in [-0.2, 0) is 6.54 Å². The molecule has 0 radical (unpaired) electrons. The highest BCUT2D eigenvalue weighted by Crippen LogP contribution is 2.20. The standard InChI is InChI=1S/C13H19ClFN/c1-9(13(2,3)4)16-8-10-7-11(14)5-6-12(10)15/h5-7,9,16H,8H2,1-4H3. The molecular weight excluding hydrogens is 225 g/mol. The van der Waals surface area contributed by atoms with E-state index in [1.807, 2.05) is 0 Å². The summed E-state index contributed by atoms with van der Waals surface area (Å²) in [6.07, 6.45) is 0. The maximum absolute atomic E-state index is 13.4. The molecule has 0 spiro atoms. The highest BCUT2D eigenvalue weighted by atomic mass is 35.5. The summed E-state index contributed by atoms with van der Waals surface area (Å²) in [6.45, 7) is 9.06. The molecule has 0 aromatic heterocycles. The van der Waals surface area contributed by atoms with Crippen molar-refractivity contribution in [1.29, 1.82) is 0 Å². The van der Waals surface area contributed by atoms with Crippen LogP contribution in [0.15, 0.2) is 18.2 Å². The van der Waals surface area contributed by atoms with Gasteiger partial charge in [0.05, 0.1) is 0 Å². The minimum atomic E-state index is -0.210. The van der Waals surface area contributed by atoms with E-state index in [2.05, 4.69) is 33.0 Å². The molecule has 0 saturated carbocycles. The molecule has 0 aliphatic heterocycles. The van der Waals surface area contributed by atoms with Gasteiger partial charge in [0, 0.05) is 23.2 Å². The Labute approximate surface area is 102 Å². The van der Waals surface area contributed by atoms with Gasteiger partial charge in [0.1, 0.15) is 5.82 Å². The van der Waals surface area contributed by atoms with Crippen molar-refractivity contribution in [2.24, 2.45) is 5.41 Å². The van der Waals surface area contributed by atoms with Gasteiger partial charge in [-0.3, -0.25) is 0 Å². The van der Waals surface area contributed by atoms with Gasteiger partial charge in [-0.05, 0) is 30.5 Å². The fourth-order valence-corrected chi connectivity index (χ4v) is 1.44. The van der Waals surface area contributed by atoms with Crippen molar-refractivity contribution in [2.75, 3.05) is 0 Å². The lowest BCUT2D eigenvalue weighted by Crippen LogP contribution is -2.37. The van der Waals surface area contributed by atoms with Crippen LogP contribution in [-0.4, -0.2) is 6.04 Å². The van der Waals surface area contributed by atoms with Crippen LogP contribution in [0, 0.1) is 11.2 Å². The van der Waals surface area contributed by atoms with E-state index in [1.54, 1.807) is 12.1 Å². The first-order valence-corrected chi connectivity index (χ1v) is 5.86. The van der Waals surface area contributed by atoms with Crippen LogP contribution >= 0.6 is 11.6 Å². The van der Waals surface area contributed by atoms with Crippen LogP contribution in [0.3, 0.4) is 0 Å². The van der Waals surface area contributed by atoms with Crippen LogP contribution in [0.25, 0.3) is 0 Å². The molecule has 1 aromatic carbocycles. The van der Waals surface area contributed by atoms with Crippen LogP contribution < -0.4 is 5.32 Å². The Morgan fingerprint density at radius 1 is 1.38 bits per heavy atom. The topological polar surface area (TPSA) is 12.0 Å². The highest BCUT2D eigenvalue weighted by molar-refractivity contribution is 6.30. The monoisotopic (exact) mass is 243 g/mol. The Morgan fingerprint density at radius 2 is 2.00 bits per heavy atom. The molecule has 0 heterocycles. The molecule has 0 fully saturated rings. The van der Waals surface area contributed by atoms with E-state index in [-0.39, 0.29) is 11.2 Å². The molecule has 1 atom stereocenters. The Morgan fingerprint density at radius 3 is 2.56 bits per heavy atom. The smallest absolute Gasteiger partial charge is 0.127 e. The molecule has 1 rings (SSSR count). The number of halogens is 2. The summed E-state index contributed by atoms with van der Waals surface area (Å²) in [5, 5.41) is 3.88. The SMILES string of the molecule is CC(NCc1cc(Cl)ccc1F)C(C)(C)C. The zero-order chi connectivity index (χ0) is 12.3. The van der Waals surface area contributed by atoms with E-state index in [0.717, 1.165) is 0 Å². The lowest BCUT2D eigenvalue weighted by Gasteiger charge is -2.28. The third-order valence-corrected chi connectivity index (χ3v) is 3.14. The average molecular weight is 244 g/mol. The molecule has 0 saturated heterocycles. The zero-order valence-electron chi connectivity index (χ0n) is 10.3. The number of benzene rings is 1. The van der Waals surface area contributed by atoms with Crippen molar-refractivity contribution in [2.45, 2.75) is 40.3 Å². The van der Waals surface area contributed by atoms with Crippen molar-refractivity contribution in [1.82, 2.24) is 5.32 Å². The first-order valence-electron chi connectivity index (χ1n) is 5.48. The van der Waals surface area contributed by atoms with Gasteiger partial charge in [-0.2, -0.15) is 0 Å². The predicted octanol–water partition coefficient (Wildman–Crippen LogP) is 4.00. The second-order valence-corrected chi connectivity index (χ2v) is 5.64.